The van der Waals surface area contributed by atoms with Gasteiger partial charge in [0.2, 0.25) is 0 Å². The Labute approximate surface area is 119 Å². The molecular formula is C15H12F3NO2. The number of primary amides is 1. The first-order valence-corrected chi connectivity index (χ1v) is 6.04. The van der Waals surface area contributed by atoms with E-state index in [0.717, 1.165) is 6.07 Å². The van der Waals surface area contributed by atoms with Crippen LogP contribution in [-0.2, 0) is 6.18 Å². The average molecular weight is 295 g/mol. The van der Waals surface area contributed by atoms with Crippen LogP contribution in [0.15, 0.2) is 42.5 Å². The van der Waals surface area contributed by atoms with E-state index in [4.69, 9.17) is 10.5 Å². The number of ether oxygens (including phenoxy) is 1. The number of para-hydroxylation sites is 2. The minimum absolute atomic E-state index is 0.0294. The number of amides is 1. The van der Waals surface area contributed by atoms with E-state index in [1.54, 1.807) is 19.1 Å². The first kappa shape index (κ1) is 14.9. The van der Waals surface area contributed by atoms with Gasteiger partial charge in [0.15, 0.2) is 0 Å². The number of rotatable bonds is 3. The van der Waals surface area contributed by atoms with Crippen molar-refractivity contribution >= 4 is 5.91 Å². The number of hydrogen-bond acceptors (Lipinski definition) is 2. The third-order valence-corrected chi connectivity index (χ3v) is 2.88. The van der Waals surface area contributed by atoms with E-state index < -0.39 is 17.6 Å². The summed E-state index contributed by atoms with van der Waals surface area (Å²) in [5.74, 6) is -1.11. The van der Waals surface area contributed by atoms with Crippen LogP contribution < -0.4 is 10.5 Å². The predicted molar refractivity (Wildman–Crippen MR) is 71.2 cm³/mol. The Morgan fingerprint density at radius 1 is 1.10 bits per heavy atom. The molecule has 0 unspecified atom stereocenters. The van der Waals surface area contributed by atoms with Gasteiger partial charge >= 0.3 is 6.18 Å². The quantitative estimate of drug-likeness (QED) is 0.933. The molecule has 0 aliphatic heterocycles. The summed E-state index contributed by atoms with van der Waals surface area (Å²) < 4.78 is 44.2. The van der Waals surface area contributed by atoms with Crippen molar-refractivity contribution < 1.29 is 22.7 Å². The van der Waals surface area contributed by atoms with E-state index >= 15 is 0 Å². The van der Waals surface area contributed by atoms with Gasteiger partial charge in [-0.2, -0.15) is 13.2 Å². The van der Waals surface area contributed by atoms with Crippen LogP contribution in [-0.4, -0.2) is 5.91 Å². The van der Waals surface area contributed by atoms with Crippen LogP contribution in [0.25, 0.3) is 0 Å². The summed E-state index contributed by atoms with van der Waals surface area (Å²) in [5, 5.41) is 0. The largest absolute Gasteiger partial charge is 0.456 e. The number of carbonyl (C=O) groups excluding carboxylic acids is 1. The zero-order valence-corrected chi connectivity index (χ0v) is 11.1. The molecule has 0 heterocycles. The minimum atomic E-state index is -4.55. The lowest BCUT2D eigenvalue weighted by molar-refractivity contribution is -0.138. The Balaban J connectivity index is 2.52. The highest BCUT2D eigenvalue weighted by Gasteiger charge is 2.34. The standard InChI is InChI=1S/C15H12F3NO2/c1-9-5-4-6-10(14(19)20)13(9)21-12-8-3-2-7-11(12)15(16,17)18/h2-8H,1H3,(H2,19,20). The predicted octanol–water partition coefficient (Wildman–Crippen LogP) is 3.91. The number of benzene rings is 2. The second-order valence-corrected chi connectivity index (χ2v) is 4.41. The monoisotopic (exact) mass is 295 g/mol. The topological polar surface area (TPSA) is 52.3 Å². The molecule has 2 aromatic carbocycles. The fraction of sp³-hybridized carbons (Fsp3) is 0.133. The molecule has 0 spiro atoms. The zero-order valence-electron chi connectivity index (χ0n) is 11.1. The SMILES string of the molecule is Cc1cccc(C(N)=O)c1Oc1ccccc1C(F)(F)F. The third-order valence-electron chi connectivity index (χ3n) is 2.88. The second-order valence-electron chi connectivity index (χ2n) is 4.41. The number of aryl methyl sites for hydroxylation is 1. The van der Waals surface area contributed by atoms with Crippen molar-refractivity contribution in [1.82, 2.24) is 0 Å². The van der Waals surface area contributed by atoms with Crippen LogP contribution in [0, 0.1) is 6.92 Å². The second kappa shape index (κ2) is 5.47. The van der Waals surface area contributed by atoms with E-state index in [-0.39, 0.29) is 17.1 Å². The van der Waals surface area contributed by atoms with Crippen molar-refractivity contribution in [2.45, 2.75) is 13.1 Å². The smallest absolute Gasteiger partial charge is 0.419 e. The molecule has 6 heteroatoms. The Bertz CT molecular complexity index is 681. The summed E-state index contributed by atoms with van der Waals surface area (Å²) in [6.45, 7) is 1.62. The molecule has 110 valence electrons. The molecule has 0 saturated carbocycles. The van der Waals surface area contributed by atoms with Gasteiger partial charge in [0.05, 0.1) is 11.1 Å². The highest BCUT2D eigenvalue weighted by atomic mass is 19.4. The number of halogens is 3. The Hall–Kier alpha value is -2.50. The maximum Gasteiger partial charge on any atom is 0.419 e. The molecule has 0 aromatic heterocycles. The van der Waals surface area contributed by atoms with Crippen molar-refractivity contribution in [3.8, 4) is 11.5 Å². The maximum atomic E-state index is 12.9. The van der Waals surface area contributed by atoms with E-state index in [0.29, 0.717) is 5.56 Å². The summed E-state index contributed by atoms with van der Waals surface area (Å²) in [6, 6.07) is 9.41. The molecule has 3 nitrogen and oxygen atoms in total. The summed E-state index contributed by atoms with van der Waals surface area (Å²) in [4.78, 5) is 11.4. The van der Waals surface area contributed by atoms with Crippen molar-refractivity contribution in [1.29, 1.82) is 0 Å². The third kappa shape index (κ3) is 3.16. The Morgan fingerprint density at radius 2 is 1.76 bits per heavy atom. The molecule has 0 fully saturated rings. The van der Waals surface area contributed by atoms with Crippen LogP contribution >= 0.6 is 0 Å². The van der Waals surface area contributed by atoms with Gasteiger partial charge in [-0.3, -0.25) is 4.79 Å². The molecule has 0 radical (unpaired) electrons. The molecule has 1 amide bonds. The molecule has 2 aromatic rings. The van der Waals surface area contributed by atoms with Gasteiger partial charge in [-0.05, 0) is 30.7 Å². The normalized spacial score (nSPS) is 11.2. The molecule has 2 rings (SSSR count). The lowest BCUT2D eigenvalue weighted by Crippen LogP contribution is -2.13. The van der Waals surface area contributed by atoms with Crippen LogP contribution in [0.5, 0.6) is 11.5 Å². The zero-order chi connectivity index (χ0) is 15.6. The van der Waals surface area contributed by atoms with Gasteiger partial charge in [0.1, 0.15) is 11.5 Å². The molecule has 0 bridgehead atoms. The van der Waals surface area contributed by atoms with Gasteiger partial charge in [0, 0.05) is 0 Å². The van der Waals surface area contributed by atoms with E-state index in [1.165, 1.54) is 24.3 Å². The average Bonchev–Trinajstić information content (AvgIpc) is 2.40. The summed E-state index contributed by atoms with van der Waals surface area (Å²) in [7, 11) is 0. The number of nitrogens with two attached hydrogens (primary N) is 1. The van der Waals surface area contributed by atoms with Gasteiger partial charge in [0.25, 0.3) is 5.91 Å². The van der Waals surface area contributed by atoms with Gasteiger partial charge in [-0.15, -0.1) is 0 Å². The highest BCUT2D eigenvalue weighted by molar-refractivity contribution is 5.96. The van der Waals surface area contributed by atoms with Crippen molar-refractivity contribution in [3.05, 3.63) is 59.2 Å². The van der Waals surface area contributed by atoms with Crippen LogP contribution in [0.3, 0.4) is 0 Å². The Morgan fingerprint density at radius 3 is 2.38 bits per heavy atom. The van der Waals surface area contributed by atoms with Crippen LogP contribution in [0.1, 0.15) is 21.5 Å². The Kier molecular flexibility index (Phi) is 3.88. The number of carbonyl (C=O) groups is 1. The fourth-order valence-corrected chi connectivity index (χ4v) is 1.88. The van der Waals surface area contributed by atoms with Crippen molar-refractivity contribution in [3.63, 3.8) is 0 Å². The summed E-state index contributed by atoms with van der Waals surface area (Å²) in [6.07, 6.45) is -4.55. The first-order valence-electron chi connectivity index (χ1n) is 6.04. The van der Waals surface area contributed by atoms with Gasteiger partial charge in [-0.1, -0.05) is 24.3 Å². The van der Waals surface area contributed by atoms with E-state index in [9.17, 15) is 18.0 Å². The van der Waals surface area contributed by atoms with E-state index in [1.807, 2.05) is 0 Å². The lowest BCUT2D eigenvalue weighted by Gasteiger charge is -2.16. The minimum Gasteiger partial charge on any atom is -0.456 e. The molecule has 0 aliphatic carbocycles. The molecule has 0 aliphatic rings. The molecule has 0 atom stereocenters. The van der Waals surface area contributed by atoms with E-state index in [2.05, 4.69) is 0 Å². The summed E-state index contributed by atoms with van der Waals surface area (Å²) in [5.41, 5.74) is 4.86. The molecule has 21 heavy (non-hydrogen) atoms. The molecular weight excluding hydrogens is 283 g/mol. The molecule has 0 saturated heterocycles. The number of alkyl halides is 3. The van der Waals surface area contributed by atoms with Crippen molar-refractivity contribution in [2.75, 3.05) is 0 Å². The fourth-order valence-electron chi connectivity index (χ4n) is 1.88. The first-order chi connectivity index (χ1) is 9.80. The highest BCUT2D eigenvalue weighted by Crippen LogP contribution is 2.39. The maximum absolute atomic E-state index is 12.9. The van der Waals surface area contributed by atoms with Gasteiger partial charge < -0.3 is 10.5 Å². The van der Waals surface area contributed by atoms with Crippen LogP contribution in [0.2, 0.25) is 0 Å². The van der Waals surface area contributed by atoms with Gasteiger partial charge in [-0.25, -0.2) is 0 Å². The molecule has 2 N–H and O–H groups in total. The number of hydrogen-bond donors (Lipinski definition) is 1. The van der Waals surface area contributed by atoms with Crippen molar-refractivity contribution in [2.24, 2.45) is 5.73 Å². The van der Waals surface area contributed by atoms with Crippen LogP contribution in [0.4, 0.5) is 13.2 Å². The lowest BCUT2D eigenvalue weighted by atomic mass is 10.1. The summed E-state index contributed by atoms with van der Waals surface area (Å²) >= 11 is 0.